The van der Waals surface area contributed by atoms with Gasteiger partial charge in [0.25, 0.3) is 5.91 Å². The molecular formula is C17H18N2O6S2. The lowest BCUT2D eigenvalue weighted by atomic mass is 10.1. The van der Waals surface area contributed by atoms with Gasteiger partial charge in [0, 0.05) is 6.42 Å². The molecule has 0 saturated carbocycles. The largest absolute Gasteiger partial charge is 0.464 e. The molecule has 0 aromatic heterocycles. The second-order valence-electron chi connectivity index (χ2n) is 6.03. The Balaban J connectivity index is 1.83. The van der Waals surface area contributed by atoms with Gasteiger partial charge in [-0.2, -0.15) is 8.42 Å². The second-order valence-corrected chi connectivity index (χ2v) is 8.80. The summed E-state index contributed by atoms with van der Waals surface area (Å²) in [6.07, 6.45) is 1.44. The second kappa shape index (κ2) is 7.35. The first kappa shape index (κ1) is 19.4. The number of rotatable bonds is 6. The van der Waals surface area contributed by atoms with E-state index in [2.05, 4.69) is 4.99 Å². The minimum Gasteiger partial charge on any atom is -0.464 e. The highest BCUT2D eigenvalue weighted by molar-refractivity contribution is 8.14. The molecule has 0 spiro atoms. The van der Waals surface area contributed by atoms with Gasteiger partial charge in [-0.25, -0.2) is 4.79 Å². The molecule has 2 heterocycles. The molecule has 1 fully saturated rings. The molecule has 1 saturated heterocycles. The number of carbonyl (C=O) groups excluding carboxylic acids is 2. The van der Waals surface area contributed by atoms with Crippen LogP contribution in [0.15, 0.2) is 46.8 Å². The third-order valence-corrected chi connectivity index (χ3v) is 5.77. The maximum atomic E-state index is 12.5. The topological polar surface area (TPSA) is 102 Å². The quantitative estimate of drug-likeness (QED) is 0.229. The van der Waals surface area contributed by atoms with Crippen molar-refractivity contribution in [2.45, 2.75) is 24.8 Å². The van der Waals surface area contributed by atoms with Crippen LogP contribution in [0.3, 0.4) is 0 Å². The van der Waals surface area contributed by atoms with Crippen molar-refractivity contribution < 1.29 is 26.9 Å². The van der Waals surface area contributed by atoms with E-state index in [1.165, 1.54) is 23.6 Å². The van der Waals surface area contributed by atoms with Crippen molar-refractivity contribution in [2.75, 3.05) is 13.4 Å². The number of benzene rings is 1. The van der Waals surface area contributed by atoms with Crippen molar-refractivity contribution in [2.24, 2.45) is 4.99 Å². The van der Waals surface area contributed by atoms with Crippen LogP contribution in [0.5, 0.6) is 0 Å². The summed E-state index contributed by atoms with van der Waals surface area (Å²) < 4.78 is 32.3. The Bertz CT molecular complexity index is 939. The molecule has 1 aromatic rings. The van der Waals surface area contributed by atoms with E-state index in [1.807, 2.05) is 30.3 Å². The minimum atomic E-state index is -3.86. The monoisotopic (exact) mass is 410 g/mol. The first-order chi connectivity index (χ1) is 12.7. The highest BCUT2D eigenvalue weighted by Crippen LogP contribution is 2.43. The van der Waals surface area contributed by atoms with Gasteiger partial charge < -0.3 is 8.92 Å². The zero-order valence-electron chi connectivity index (χ0n) is 14.9. The fraction of sp³-hybridized carbons (Fsp3) is 0.353. The van der Waals surface area contributed by atoms with Crippen LogP contribution < -0.4 is 0 Å². The zero-order valence-corrected chi connectivity index (χ0v) is 16.5. The lowest BCUT2D eigenvalue weighted by Gasteiger charge is -2.41. The first-order valence-corrected chi connectivity index (χ1v) is 10.7. The number of hydrogen-bond donors (Lipinski definition) is 0. The fourth-order valence-corrected chi connectivity index (χ4v) is 4.74. The fourth-order valence-electron chi connectivity index (χ4n) is 2.88. The van der Waals surface area contributed by atoms with Gasteiger partial charge in [-0.15, -0.1) is 0 Å². The molecule has 0 aliphatic carbocycles. The maximum Gasteiger partial charge on any atom is 0.358 e. The van der Waals surface area contributed by atoms with Gasteiger partial charge in [0.2, 0.25) is 0 Å². The molecule has 2 aliphatic heterocycles. The van der Waals surface area contributed by atoms with E-state index >= 15 is 0 Å². The number of fused-ring (bicyclic) bond motifs is 1. The molecule has 2 unspecified atom stereocenters. The first-order valence-electron chi connectivity index (χ1n) is 8.00. The van der Waals surface area contributed by atoms with E-state index in [9.17, 15) is 18.0 Å². The van der Waals surface area contributed by atoms with Crippen molar-refractivity contribution in [3.8, 4) is 0 Å². The number of hydrogen-bond acceptors (Lipinski definition) is 8. The average Bonchev–Trinajstić information content (AvgIpc) is 2.97. The van der Waals surface area contributed by atoms with Crippen LogP contribution in [-0.4, -0.2) is 55.0 Å². The molecule has 1 aromatic carbocycles. The molecule has 2 atom stereocenters. The number of methoxy groups -OCH3 is 1. The molecule has 8 nitrogen and oxygen atoms in total. The summed E-state index contributed by atoms with van der Waals surface area (Å²) in [5.74, 6) is -1.46. The number of aliphatic imine (C=N–C) groups is 1. The van der Waals surface area contributed by atoms with Gasteiger partial charge in [0.05, 0.1) is 18.4 Å². The molecular weight excluding hydrogens is 392 g/mol. The third-order valence-electron chi connectivity index (χ3n) is 3.98. The number of β-lactam (4-membered cyclic amide) rings is 1. The van der Waals surface area contributed by atoms with Crippen molar-refractivity contribution in [3.63, 3.8) is 0 Å². The zero-order chi connectivity index (χ0) is 19.8. The van der Waals surface area contributed by atoms with E-state index in [-0.39, 0.29) is 11.5 Å². The van der Waals surface area contributed by atoms with Crippen LogP contribution in [0.1, 0.15) is 12.5 Å². The van der Waals surface area contributed by atoms with E-state index in [4.69, 9.17) is 8.92 Å². The van der Waals surface area contributed by atoms with Gasteiger partial charge in [-0.3, -0.25) is 14.7 Å². The van der Waals surface area contributed by atoms with Gasteiger partial charge in [-0.1, -0.05) is 42.1 Å². The van der Waals surface area contributed by atoms with E-state index in [1.54, 1.807) is 0 Å². The molecule has 0 radical (unpaired) electrons. The Labute approximate surface area is 161 Å². The third kappa shape index (κ3) is 4.01. The Kier molecular flexibility index (Phi) is 5.29. The van der Waals surface area contributed by atoms with Crippen LogP contribution in [-0.2, 0) is 35.0 Å². The summed E-state index contributed by atoms with van der Waals surface area (Å²) in [5.41, 5.74) is 0.835. The standard InChI is InChI=1S/C17H18N2O6S2/c1-10(25-27(3,22)23)14(17(21)24-2)19-15(20)13-16(19)26-12(18-13)9-11-7-5-4-6-8-11/h4-8,13,16H,9H2,1-3H3/b14-10-. The molecule has 144 valence electrons. The summed E-state index contributed by atoms with van der Waals surface area (Å²) in [6.45, 7) is 1.30. The number of esters is 1. The summed E-state index contributed by atoms with van der Waals surface area (Å²) >= 11 is 1.37. The predicted octanol–water partition coefficient (Wildman–Crippen LogP) is 1.29. The van der Waals surface area contributed by atoms with Crippen LogP contribution >= 0.6 is 11.8 Å². The lowest BCUT2D eigenvalue weighted by Crippen LogP contribution is -2.61. The van der Waals surface area contributed by atoms with Crippen LogP contribution in [0, 0.1) is 0 Å². The number of amides is 1. The smallest absolute Gasteiger partial charge is 0.358 e. The van der Waals surface area contributed by atoms with E-state index in [0.717, 1.165) is 24.0 Å². The Morgan fingerprint density at radius 3 is 2.56 bits per heavy atom. The highest BCUT2D eigenvalue weighted by atomic mass is 32.2. The Morgan fingerprint density at radius 1 is 1.30 bits per heavy atom. The van der Waals surface area contributed by atoms with Gasteiger partial charge in [0.15, 0.2) is 11.7 Å². The summed E-state index contributed by atoms with van der Waals surface area (Å²) in [7, 11) is -2.71. The van der Waals surface area contributed by atoms with Crippen molar-refractivity contribution >= 4 is 38.8 Å². The maximum absolute atomic E-state index is 12.5. The normalized spacial score (nSPS) is 22.4. The number of carbonyl (C=O) groups is 2. The Morgan fingerprint density at radius 2 is 1.96 bits per heavy atom. The molecule has 3 rings (SSSR count). The van der Waals surface area contributed by atoms with Crippen molar-refractivity contribution in [1.82, 2.24) is 4.90 Å². The van der Waals surface area contributed by atoms with Gasteiger partial charge in [-0.05, 0) is 12.5 Å². The number of ether oxygens (including phenoxy) is 1. The number of nitrogens with zero attached hydrogens (tertiary/aromatic N) is 2. The van der Waals surface area contributed by atoms with Crippen LogP contribution in [0.25, 0.3) is 0 Å². The SMILES string of the molecule is COC(=O)/C(=C(\C)OS(C)(=O)=O)N1C(=O)C2N=C(Cc3ccccc3)SC21. The molecule has 0 N–H and O–H groups in total. The average molecular weight is 410 g/mol. The number of likely N-dealkylation sites (tertiary alicyclic amines) is 1. The van der Waals surface area contributed by atoms with Gasteiger partial charge in [0.1, 0.15) is 11.1 Å². The Hall–Kier alpha value is -2.33. The van der Waals surface area contributed by atoms with E-state index in [0.29, 0.717) is 6.42 Å². The molecule has 0 bridgehead atoms. The van der Waals surface area contributed by atoms with Crippen molar-refractivity contribution in [1.29, 1.82) is 0 Å². The summed E-state index contributed by atoms with van der Waals surface area (Å²) in [5, 5.41) is 0.348. The van der Waals surface area contributed by atoms with E-state index < -0.39 is 33.4 Å². The molecule has 10 heteroatoms. The lowest BCUT2D eigenvalue weighted by molar-refractivity contribution is -0.149. The van der Waals surface area contributed by atoms with Crippen LogP contribution in [0.2, 0.25) is 0 Å². The molecule has 2 aliphatic rings. The minimum absolute atomic E-state index is 0.215. The molecule has 1 amide bonds. The van der Waals surface area contributed by atoms with Gasteiger partial charge >= 0.3 is 16.1 Å². The van der Waals surface area contributed by atoms with Crippen molar-refractivity contribution in [3.05, 3.63) is 47.4 Å². The number of allylic oxidation sites excluding steroid dienone is 1. The highest BCUT2D eigenvalue weighted by Gasteiger charge is 2.55. The molecule has 27 heavy (non-hydrogen) atoms. The summed E-state index contributed by atoms with van der Waals surface area (Å²) in [4.78, 5) is 30.4. The predicted molar refractivity (Wildman–Crippen MR) is 100 cm³/mol. The summed E-state index contributed by atoms with van der Waals surface area (Å²) in [6, 6.07) is 9.09. The van der Waals surface area contributed by atoms with Crippen LogP contribution in [0.4, 0.5) is 0 Å². The number of thioether (sulfide) groups is 1.